The van der Waals surface area contributed by atoms with Crippen LogP contribution in [0.2, 0.25) is 0 Å². The van der Waals surface area contributed by atoms with E-state index in [0.717, 1.165) is 94.7 Å². The quantitative estimate of drug-likeness (QED) is 0.178. The summed E-state index contributed by atoms with van der Waals surface area (Å²) in [5, 5.41) is 6.99. The fourth-order valence-corrected chi connectivity index (χ4v) is 10.6. The SMILES string of the molecule is c1ccc2c(c1)nc1n(-c3ccc4oc5ccccc5c4c3)c3nc4ccccc4n3c3cc(-n4c5ccccc5c5cc(-n6c7ccccc7c7ccccc76)ccc54)ccc3n21. The molecule has 0 atom stereocenters. The largest absolute Gasteiger partial charge is 0.456 e. The van der Waals surface area contributed by atoms with Crippen molar-refractivity contribution in [2.75, 3.05) is 0 Å². The molecule has 0 aliphatic rings. The molecule has 0 aliphatic carbocycles. The summed E-state index contributed by atoms with van der Waals surface area (Å²) < 4.78 is 17.9. The Balaban J connectivity index is 1.06. The van der Waals surface area contributed by atoms with Gasteiger partial charge < -0.3 is 13.6 Å². The molecular weight excluding hydrogens is 787 g/mol. The van der Waals surface area contributed by atoms with E-state index in [1.807, 2.05) is 12.1 Å². The zero-order valence-corrected chi connectivity index (χ0v) is 34.1. The second kappa shape index (κ2) is 12.4. The normalized spacial score (nSPS) is 12.4. The number of para-hydroxylation sites is 8. The van der Waals surface area contributed by atoms with Crippen molar-refractivity contribution in [1.82, 2.24) is 32.5 Å². The third-order valence-electron chi connectivity index (χ3n) is 13.3. The average Bonchev–Trinajstić information content (AvgIpc) is 4.15. The van der Waals surface area contributed by atoms with E-state index in [-0.39, 0.29) is 0 Å². The van der Waals surface area contributed by atoms with Gasteiger partial charge in [-0.25, -0.2) is 14.5 Å². The minimum atomic E-state index is 0.749. The van der Waals surface area contributed by atoms with Gasteiger partial charge in [-0.05, 0) is 103 Å². The van der Waals surface area contributed by atoms with E-state index >= 15 is 0 Å². The fraction of sp³-hybridized carbons (Fsp3) is 0. The number of hydrogen-bond acceptors (Lipinski definition) is 3. The molecule has 0 unspecified atom stereocenters. The molecule has 64 heavy (non-hydrogen) atoms. The molecule has 9 aromatic carbocycles. The van der Waals surface area contributed by atoms with E-state index in [1.54, 1.807) is 0 Å². The van der Waals surface area contributed by atoms with Crippen molar-refractivity contribution in [3.63, 3.8) is 0 Å². The smallest absolute Gasteiger partial charge is 0.223 e. The van der Waals surface area contributed by atoms with Crippen LogP contribution in [0.3, 0.4) is 0 Å². The van der Waals surface area contributed by atoms with Gasteiger partial charge in [-0.2, -0.15) is 0 Å². The van der Waals surface area contributed by atoms with Crippen LogP contribution in [-0.2, 0) is 0 Å². The molecule has 15 rings (SSSR count). The van der Waals surface area contributed by atoms with E-state index in [1.165, 1.54) is 32.6 Å². The van der Waals surface area contributed by atoms with Crippen molar-refractivity contribution in [3.05, 3.63) is 200 Å². The van der Waals surface area contributed by atoms with E-state index in [0.29, 0.717) is 0 Å². The summed E-state index contributed by atoms with van der Waals surface area (Å²) in [5.74, 6) is 1.50. The summed E-state index contributed by atoms with van der Waals surface area (Å²) in [4.78, 5) is 10.8. The number of hydrogen-bond donors (Lipinski definition) is 0. The molecule has 298 valence electrons. The number of benzene rings is 9. The fourth-order valence-electron chi connectivity index (χ4n) is 10.6. The first kappa shape index (κ1) is 33.8. The van der Waals surface area contributed by atoms with E-state index in [2.05, 4.69) is 211 Å². The van der Waals surface area contributed by atoms with E-state index in [9.17, 15) is 0 Å². The van der Waals surface area contributed by atoms with Gasteiger partial charge in [-0.15, -0.1) is 0 Å². The van der Waals surface area contributed by atoms with Crippen molar-refractivity contribution in [2.45, 2.75) is 0 Å². The molecule has 0 bridgehead atoms. The molecule has 0 saturated carbocycles. The first-order valence-electron chi connectivity index (χ1n) is 21.6. The van der Waals surface area contributed by atoms with Gasteiger partial charge in [0.05, 0.1) is 60.9 Å². The van der Waals surface area contributed by atoms with Crippen LogP contribution in [0, 0.1) is 0 Å². The Morgan fingerprint density at radius 3 is 1.34 bits per heavy atom. The third-order valence-corrected chi connectivity index (χ3v) is 13.3. The van der Waals surface area contributed by atoms with Gasteiger partial charge in [-0.1, -0.05) is 97.1 Å². The lowest BCUT2D eigenvalue weighted by atomic mass is 10.1. The van der Waals surface area contributed by atoms with Gasteiger partial charge in [-0.3, -0.25) is 8.80 Å². The predicted octanol–water partition coefficient (Wildman–Crippen LogP) is 13.9. The van der Waals surface area contributed by atoms with Gasteiger partial charge in [0, 0.05) is 43.7 Å². The summed E-state index contributed by atoms with van der Waals surface area (Å²) in [6.07, 6.45) is 0. The molecule has 15 aromatic rings. The summed E-state index contributed by atoms with van der Waals surface area (Å²) in [7, 11) is 0. The number of nitrogens with zero attached hydrogens (tertiary/aromatic N) is 7. The molecule has 0 aliphatic heterocycles. The Morgan fingerprint density at radius 1 is 0.281 bits per heavy atom. The highest BCUT2D eigenvalue weighted by Crippen LogP contribution is 2.39. The van der Waals surface area contributed by atoms with Crippen LogP contribution in [-0.4, -0.2) is 32.5 Å². The minimum Gasteiger partial charge on any atom is -0.456 e. The zero-order chi connectivity index (χ0) is 41.6. The summed E-state index contributed by atoms with van der Waals surface area (Å²) in [6.45, 7) is 0. The average molecular weight is 820 g/mol. The number of imidazole rings is 2. The number of rotatable bonds is 3. The van der Waals surface area contributed by atoms with Gasteiger partial charge in [0.2, 0.25) is 11.6 Å². The molecule has 0 N–H and O–H groups in total. The Bertz CT molecular complexity index is 4460. The maximum absolute atomic E-state index is 6.31. The van der Waals surface area contributed by atoms with Crippen molar-refractivity contribution in [2.24, 2.45) is 0 Å². The van der Waals surface area contributed by atoms with Gasteiger partial charge in [0.15, 0.2) is 0 Å². The second-order valence-electron chi connectivity index (χ2n) is 16.7. The molecular formula is C56H33N7O. The third kappa shape index (κ3) is 4.45. The lowest BCUT2D eigenvalue weighted by molar-refractivity contribution is 0.669. The van der Waals surface area contributed by atoms with Crippen LogP contribution in [0.1, 0.15) is 0 Å². The summed E-state index contributed by atoms with van der Waals surface area (Å²) in [5.41, 5.74) is 15.3. The van der Waals surface area contributed by atoms with Crippen molar-refractivity contribution in [3.8, 4) is 17.1 Å². The molecule has 0 radical (unpaired) electrons. The topological polar surface area (TPSA) is 62.5 Å². The summed E-state index contributed by atoms with van der Waals surface area (Å²) >= 11 is 0. The first-order valence-corrected chi connectivity index (χ1v) is 21.6. The second-order valence-corrected chi connectivity index (χ2v) is 16.7. The van der Waals surface area contributed by atoms with Crippen molar-refractivity contribution >= 4 is 110 Å². The highest BCUT2D eigenvalue weighted by Gasteiger charge is 2.22. The molecule has 0 saturated heterocycles. The molecule has 0 fully saturated rings. The molecule has 6 heterocycles. The predicted molar refractivity (Wildman–Crippen MR) is 261 cm³/mol. The van der Waals surface area contributed by atoms with Crippen LogP contribution in [0.15, 0.2) is 205 Å². The Kier molecular flexibility index (Phi) is 6.53. The highest BCUT2D eigenvalue weighted by molar-refractivity contribution is 6.12. The molecule has 8 nitrogen and oxygen atoms in total. The van der Waals surface area contributed by atoms with Crippen molar-refractivity contribution in [1.29, 1.82) is 0 Å². The molecule has 6 aromatic heterocycles. The lowest BCUT2D eigenvalue weighted by Gasteiger charge is -2.11. The highest BCUT2D eigenvalue weighted by atomic mass is 16.3. The zero-order valence-electron chi connectivity index (χ0n) is 34.1. The van der Waals surface area contributed by atoms with Gasteiger partial charge in [0.1, 0.15) is 11.2 Å². The minimum absolute atomic E-state index is 0.749. The monoisotopic (exact) mass is 819 g/mol. The lowest BCUT2D eigenvalue weighted by Crippen LogP contribution is -2.01. The molecule has 0 amide bonds. The first-order chi connectivity index (χ1) is 31.7. The van der Waals surface area contributed by atoms with Crippen LogP contribution in [0.25, 0.3) is 127 Å². The van der Waals surface area contributed by atoms with Crippen molar-refractivity contribution < 1.29 is 4.42 Å². The Labute approximate surface area is 362 Å². The maximum Gasteiger partial charge on any atom is 0.223 e. The standard InChI is InChI=1S/C56H33N7O/c1-7-19-45-37(13-1)38-14-2-8-20-46(38)59(45)34-25-28-48-41(31-34)39-15-3-9-21-47(39)60(48)36-26-29-51-52(33-36)63-50-23-11-6-18-44(50)58-56(63)61(55-57-43-17-5-10-22-49(43)62(51)55)35-27-30-54-42(32-35)40-16-4-12-24-53(40)64-54/h1-33H. The van der Waals surface area contributed by atoms with Crippen LogP contribution in [0.5, 0.6) is 0 Å². The Hall–Kier alpha value is -8.88. The van der Waals surface area contributed by atoms with Crippen LogP contribution in [0.4, 0.5) is 0 Å². The van der Waals surface area contributed by atoms with Crippen LogP contribution < -0.4 is 0 Å². The molecule has 0 spiro atoms. The Morgan fingerprint density at radius 2 is 0.703 bits per heavy atom. The maximum atomic E-state index is 6.31. The van der Waals surface area contributed by atoms with Gasteiger partial charge >= 0.3 is 0 Å². The number of fused-ring (bicyclic) bond motifs is 18. The van der Waals surface area contributed by atoms with Gasteiger partial charge in [0.25, 0.3) is 0 Å². The van der Waals surface area contributed by atoms with Crippen LogP contribution >= 0.6 is 0 Å². The number of aromatic nitrogens is 7. The molecule has 8 heteroatoms. The summed E-state index contributed by atoms with van der Waals surface area (Å²) in [6, 6.07) is 71.3. The number of furan rings is 1. The van der Waals surface area contributed by atoms with E-state index < -0.39 is 0 Å². The van der Waals surface area contributed by atoms with E-state index in [4.69, 9.17) is 14.4 Å².